The van der Waals surface area contributed by atoms with Crippen molar-refractivity contribution < 1.29 is 4.52 Å². The van der Waals surface area contributed by atoms with Gasteiger partial charge < -0.3 is 10.3 Å². The van der Waals surface area contributed by atoms with Gasteiger partial charge in [0, 0.05) is 18.7 Å². The number of nitrogens with two attached hydrogens (primary N) is 1. The van der Waals surface area contributed by atoms with Gasteiger partial charge in [0.2, 0.25) is 11.7 Å². The van der Waals surface area contributed by atoms with Crippen molar-refractivity contribution in [3.8, 4) is 11.4 Å². The lowest BCUT2D eigenvalue weighted by Crippen LogP contribution is -2.08. The van der Waals surface area contributed by atoms with E-state index in [1.165, 1.54) is 0 Å². The molecule has 0 saturated heterocycles. The third-order valence-electron chi connectivity index (χ3n) is 1.97. The SMILES string of the molecule is C[C@H](CN)c1nc(-c2cn[nH]c2)no1. The second kappa shape index (κ2) is 3.59. The highest BCUT2D eigenvalue weighted by molar-refractivity contribution is 5.50. The normalized spacial score (nSPS) is 13.0. The quantitative estimate of drug-likeness (QED) is 0.741. The van der Waals surface area contributed by atoms with E-state index in [-0.39, 0.29) is 5.92 Å². The Hall–Kier alpha value is -1.69. The molecule has 3 N–H and O–H groups in total. The van der Waals surface area contributed by atoms with Crippen LogP contribution >= 0.6 is 0 Å². The van der Waals surface area contributed by atoms with Crippen molar-refractivity contribution in [2.45, 2.75) is 12.8 Å². The number of hydrogen-bond acceptors (Lipinski definition) is 5. The van der Waals surface area contributed by atoms with Gasteiger partial charge in [-0.25, -0.2) is 0 Å². The summed E-state index contributed by atoms with van der Waals surface area (Å²) in [4.78, 5) is 4.21. The minimum atomic E-state index is 0.0863. The van der Waals surface area contributed by atoms with Crippen molar-refractivity contribution >= 4 is 0 Å². The van der Waals surface area contributed by atoms with E-state index in [4.69, 9.17) is 10.3 Å². The topological polar surface area (TPSA) is 93.6 Å². The molecule has 0 bridgehead atoms. The Balaban J connectivity index is 2.26. The summed E-state index contributed by atoms with van der Waals surface area (Å²) in [5.41, 5.74) is 6.30. The summed E-state index contributed by atoms with van der Waals surface area (Å²) in [7, 11) is 0. The molecule has 2 aromatic heterocycles. The molecule has 6 nitrogen and oxygen atoms in total. The molecule has 14 heavy (non-hydrogen) atoms. The number of rotatable bonds is 3. The molecule has 0 aliphatic heterocycles. The van der Waals surface area contributed by atoms with Crippen LogP contribution in [-0.4, -0.2) is 26.9 Å². The first-order valence-electron chi connectivity index (χ1n) is 4.34. The van der Waals surface area contributed by atoms with E-state index >= 15 is 0 Å². The average molecular weight is 193 g/mol. The van der Waals surface area contributed by atoms with Gasteiger partial charge in [0.1, 0.15) is 0 Å². The van der Waals surface area contributed by atoms with Crippen molar-refractivity contribution in [2.75, 3.05) is 6.54 Å². The number of aromatic nitrogens is 4. The maximum atomic E-state index is 5.49. The number of nitrogens with zero attached hydrogens (tertiary/aromatic N) is 3. The molecule has 2 aromatic rings. The van der Waals surface area contributed by atoms with Gasteiger partial charge in [-0.2, -0.15) is 10.1 Å². The Morgan fingerprint density at radius 3 is 3.14 bits per heavy atom. The van der Waals surface area contributed by atoms with Gasteiger partial charge in [0.05, 0.1) is 11.8 Å². The molecule has 0 fully saturated rings. The fourth-order valence-corrected chi connectivity index (χ4v) is 1.03. The summed E-state index contributed by atoms with van der Waals surface area (Å²) in [5.74, 6) is 1.18. The molecule has 1 atom stereocenters. The van der Waals surface area contributed by atoms with Gasteiger partial charge in [0.15, 0.2) is 0 Å². The van der Waals surface area contributed by atoms with Gasteiger partial charge in [-0.3, -0.25) is 5.10 Å². The fourth-order valence-electron chi connectivity index (χ4n) is 1.03. The Bertz CT molecular complexity index is 394. The minimum absolute atomic E-state index is 0.0863. The standard InChI is InChI=1S/C8H11N5O/c1-5(2-9)8-12-7(13-14-8)6-3-10-11-4-6/h3-5H,2,9H2,1H3,(H,10,11)/t5-/m1/s1. The van der Waals surface area contributed by atoms with Crippen LogP contribution in [0.3, 0.4) is 0 Å². The second-order valence-electron chi connectivity index (χ2n) is 3.08. The summed E-state index contributed by atoms with van der Waals surface area (Å²) in [6.07, 6.45) is 3.35. The summed E-state index contributed by atoms with van der Waals surface area (Å²) >= 11 is 0. The minimum Gasteiger partial charge on any atom is -0.339 e. The largest absolute Gasteiger partial charge is 0.339 e. The lowest BCUT2D eigenvalue weighted by molar-refractivity contribution is 0.361. The predicted octanol–water partition coefficient (Wildman–Crippen LogP) is 0.522. The van der Waals surface area contributed by atoms with Crippen LogP contribution in [0.25, 0.3) is 11.4 Å². The molecule has 0 saturated carbocycles. The summed E-state index contributed by atoms with van der Waals surface area (Å²) in [6, 6.07) is 0. The lowest BCUT2D eigenvalue weighted by atomic mass is 10.2. The van der Waals surface area contributed by atoms with Gasteiger partial charge in [-0.05, 0) is 0 Å². The van der Waals surface area contributed by atoms with Crippen molar-refractivity contribution in [2.24, 2.45) is 5.73 Å². The fraction of sp³-hybridized carbons (Fsp3) is 0.375. The molecular formula is C8H11N5O. The van der Waals surface area contributed by atoms with Gasteiger partial charge >= 0.3 is 0 Å². The van der Waals surface area contributed by atoms with Crippen LogP contribution in [0.5, 0.6) is 0 Å². The van der Waals surface area contributed by atoms with E-state index < -0.39 is 0 Å². The molecule has 0 amide bonds. The molecule has 0 aliphatic carbocycles. The zero-order chi connectivity index (χ0) is 9.97. The number of aromatic amines is 1. The number of nitrogens with one attached hydrogen (secondary N) is 1. The Morgan fingerprint density at radius 2 is 2.50 bits per heavy atom. The van der Waals surface area contributed by atoms with E-state index in [0.29, 0.717) is 18.3 Å². The van der Waals surface area contributed by atoms with Gasteiger partial charge in [-0.1, -0.05) is 12.1 Å². The molecule has 0 aliphatic rings. The molecule has 2 rings (SSSR count). The highest BCUT2D eigenvalue weighted by atomic mass is 16.5. The highest BCUT2D eigenvalue weighted by Crippen LogP contribution is 2.17. The van der Waals surface area contributed by atoms with Gasteiger partial charge in [-0.15, -0.1) is 0 Å². The Morgan fingerprint density at radius 1 is 1.64 bits per heavy atom. The lowest BCUT2D eigenvalue weighted by Gasteiger charge is -1.98. The maximum absolute atomic E-state index is 5.49. The van der Waals surface area contributed by atoms with E-state index in [1.54, 1.807) is 12.4 Å². The third kappa shape index (κ3) is 1.51. The van der Waals surface area contributed by atoms with E-state index in [2.05, 4.69) is 20.3 Å². The zero-order valence-electron chi connectivity index (χ0n) is 7.77. The van der Waals surface area contributed by atoms with Crippen molar-refractivity contribution in [1.82, 2.24) is 20.3 Å². The second-order valence-corrected chi connectivity index (χ2v) is 3.08. The number of H-pyrrole nitrogens is 1. The molecule has 0 spiro atoms. The summed E-state index contributed by atoms with van der Waals surface area (Å²) < 4.78 is 5.06. The van der Waals surface area contributed by atoms with Crippen molar-refractivity contribution in [1.29, 1.82) is 0 Å². The third-order valence-corrected chi connectivity index (χ3v) is 1.97. The van der Waals surface area contributed by atoms with E-state index in [9.17, 15) is 0 Å². The zero-order valence-corrected chi connectivity index (χ0v) is 7.77. The maximum Gasteiger partial charge on any atom is 0.231 e. The first-order chi connectivity index (χ1) is 6.81. The number of hydrogen-bond donors (Lipinski definition) is 2. The molecule has 6 heteroatoms. The van der Waals surface area contributed by atoms with Crippen molar-refractivity contribution in [3.05, 3.63) is 18.3 Å². The first-order valence-corrected chi connectivity index (χ1v) is 4.34. The van der Waals surface area contributed by atoms with Crippen LogP contribution in [0.2, 0.25) is 0 Å². The monoisotopic (exact) mass is 193 g/mol. The molecule has 0 radical (unpaired) electrons. The Kier molecular flexibility index (Phi) is 2.28. The average Bonchev–Trinajstić information content (AvgIpc) is 2.86. The molecule has 0 aromatic carbocycles. The van der Waals surface area contributed by atoms with Crippen LogP contribution in [0.15, 0.2) is 16.9 Å². The summed E-state index contributed by atoms with van der Waals surface area (Å²) in [5, 5.41) is 10.3. The molecule has 2 heterocycles. The first kappa shape index (κ1) is 8.89. The van der Waals surface area contributed by atoms with Gasteiger partial charge in [0.25, 0.3) is 0 Å². The molecular weight excluding hydrogens is 182 g/mol. The van der Waals surface area contributed by atoms with Crippen LogP contribution in [0.4, 0.5) is 0 Å². The Labute approximate surface area is 80.5 Å². The van der Waals surface area contributed by atoms with Crippen molar-refractivity contribution in [3.63, 3.8) is 0 Å². The van der Waals surface area contributed by atoms with Crippen LogP contribution in [0, 0.1) is 0 Å². The summed E-state index contributed by atoms with van der Waals surface area (Å²) in [6.45, 7) is 2.43. The van der Waals surface area contributed by atoms with Crippen LogP contribution < -0.4 is 5.73 Å². The molecule has 0 unspecified atom stereocenters. The van der Waals surface area contributed by atoms with E-state index in [0.717, 1.165) is 5.56 Å². The predicted molar refractivity (Wildman–Crippen MR) is 49.3 cm³/mol. The van der Waals surface area contributed by atoms with Crippen LogP contribution in [0.1, 0.15) is 18.7 Å². The highest BCUT2D eigenvalue weighted by Gasteiger charge is 2.13. The van der Waals surface area contributed by atoms with Crippen LogP contribution in [-0.2, 0) is 0 Å². The molecule has 74 valence electrons. The van der Waals surface area contributed by atoms with E-state index in [1.807, 2.05) is 6.92 Å². The smallest absolute Gasteiger partial charge is 0.231 e.